The molecule has 2 heteroatoms. The third kappa shape index (κ3) is 3.02. The molecule has 0 amide bonds. The second-order valence-electron chi connectivity index (χ2n) is 5.44. The highest BCUT2D eigenvalue weighted by molar-refractivity contribution is 6.31. The van der Waals surface area contributed by atoms with Gasteiger partial charge in [0.1, 0.15) is 0 Å². The Balaban J connectivity index is 2.04. The normalized spacial score (nSPS) is 26.1. The van der Waals surface area contributed by atoms with E-state index in [0.29, 0.717) is 18.3 Å². The molecule has 1 aromatic carbocycles. The van der Waals surface area contributed by atoms with Crippen molar-refractivity contribution in [1.29, 1.82) is 0 Å². The highest BCUT2D eigenvalue weighted by atomic mass is 35.5. The number of aliphatic hydroxyl groups excluding tert-OH is 1. The standard InChI is InChI=1S/C15H21ClO/c1-10-6-7-12(14(16)8-10)9-15(17)13-5-3-4-11(13)2/h6-8,11,13,15,17H,3-5,9H2,1-2H3. The zero-order chi connectivity index (χ0) is 12.4. The molecule has 1 aromatic rings. The Hall–Kier alpha value is -0.530. The molecule has 1 N–H and O–H groups in total. The number of aliphatic hydroxyl groups is 1. The maximum Gasteiger partial charge on any atom is 0.0611 e. The van der Waals surface area contributed by atoms with Crippen LogP contribution in [0, 0.1) is 18.8 Å². The largest absolute Gasteiger partial charge is 0.392 e. The van der Waals surface area contributed by atoms with E-state index in [1.54, 1.807) is 0 Å². The Morgan fingerprint density at radius 1 is 1.41 bits per heavy atom. The lowest BCUT2D eigenvalue weighted by molar-refractivity contribution is 0.0902. The zero-order valence-electron chi connectivity index (χ0n) is 10.6. The second kappa shape index (κ2) is 5.41. The molecule has 3 unspecified atom stereocenters. The topological polar surface area (TPSA) is 20.2 Å². The van der Waals surface area contributed by atoms with Crippen molar-refractivity contribution in [2.45, 2.75) is 45.6 Å². The first-order chi connectivity index (χ1) is 8.08. The number of hydrogen-bond donors (Lipinski definition) is 1. The van der Waals surface area contributed by atoms with E-state index in [1.165, 1.54) is 18.4 Å². The first-order valence-electron chi connectivity index (χ1n) is 6.51. The predicted octanol–water partition coefficient (Wildman–Crippen LogP) is 3.99. The Morgan fingerprint density at radius 3 is 2.76 bits per heavy atom. The predicted molar refractivity (Wildman–Crippen MR) is 72.4 cm³/mol. The molecule has 0 aliphatic heterocycles. The number of halogens is 1. The van der Waals surface area contributed by atoms with Gasteiger partial charge in [0.15, 0.2) is 0 Å². The quantitative estimate of drug-likeness (QED) is 0.863. The van der Waals surface area contributed by atoms with Crippen molar-refractivity contribution >= 4 is 11.6 Å². The summed E-state index contributed by atoms with van der Waals surface area (Å²) >= 11 is 6.21. The van der Waals surface area contributed by atoms with E-state index in [-0.39, 0.29) is 6.10 Å². The van der Waals surface area contributed by atoms with Gasteiger partial charge in [-0.3, -0.25) is 0 Å². The van der Waals surface area contributed by atoms with Crippen LogP contribution >= 0.6 is 11.6 Å². The van der Waals surface area contributed by atoms with E-state index in [9.17, 15) is 5.11 Å². The van der Waals surface area contributed by atoms with Crippen molar-refractivity contribution in [1.82, 2.24) is 0 Å². The van der Waals surface area contributed by atoms with Gasteiger partial charge in [-0.2, -0.15) is 0 Å². The monoisotopic (exact) mass is 252 g/mol. The van der Waals surface area contributed by atoms with Crippen molar-refractivity contribution in [3.05, 3.63) is 34.3 Å². The molecule has 17 heavy (non-hydrogen) atoms. The van der Waals surface area contributed by atoms with Gasteiger partial charge in [0.2, 0.25) is 0 Å². The maximum atomic E-state index is 10.3. The summed E-state index contributed by atoms with van der Waals surface area (Å²) in [6, 6.07) is 6.08. The number of benzene rings is 1. The molecule has 3 atom stereocenters. The minimum Gasteiger partial charge on any atom is -0.392 e. The molecule has 1 nitrogen and oxygen atoms in total. The molecule has 1 saturated carbocycles. The summed E-state index contributed by atoms with van der Waals surface area (Å²) in [6.45, 7) is 4.28. The summed E-state index contributed by atoms with van der Waals surface area (Å²) < 4.78 is 0. The summed E-state index contributed by atoms with van der Waals surface area (Å²) in [4.78, 5) is 0. The zero-order valence-corrected chi connectivity index (χ0v) is 11.4. The summed E-state index contributed by atoms with van der Waals surface area (Å²) in [5, 5.41) is 11.1. The molecular formula is C15H21ClO. The summed E-state index contributed by atoms with van der Waals surface area (Å²) in [6.07, 6.45) is 4.11. The van der Waals surface area contributed by atoms with Crippen LogP contribution in [-0.2, 0) is 6.42 Å². The third-order valence-corrected chi connectivity index (χ3v) is 4.41. The average molecular weight is 253 g/mol. The van der Waals surface area contributed by atoms with E-state index in [1.807, 2.05) is 19.1 Å². The van der Waals surface area contributed by atoms with Gasteiger partial charge >= 0.3 is 0 Å². The molecule has 1 fully saturated rings. The lowest BCUT2D eigenvalue weighted by Crippen LogP contribution is -2.24. The first-order valence-corrected chi connectivity index (χ1v) is 6.89. The third-order valence-electron chi connectivity index (χ3n) is 4.06. The van der Waals surface area contributed by atoms with Crippen molar-refractivity contribution in [2.24, 2.45) is 11.8 Å². The van der Waals surface area contributed by atoms with E-state index in [2.05, 4.69) is 13.0 Å². The van der Waals surface area contributed by atoms with Crippen LogP contribution in [0.3, 0.4) is 0 Å². The van der Waals surface area contributed by atoms with Crippen LogP contribution in [0.2, 0.25) is 5.02 Å². The number of rotatable bonds is 3. The highest BCUT2D eigenvalue weighted by Gasteiger charge is 2.29. The molecule has 0 heterocycles. The Bertz CT molecular complexity index is 389. The van der Waals surface area contributed by atoms with E-state index >= 15 is 0 Å². The fraction of sp³-hybridized carbons (Fsp3) is 0.600. The molecule has 0 saturated heterocycles. The lowest BCUT2D eigenvalue weighted by atomic mass is 9.88. The molecule has 2 rings (SSSR count). The molecule has 1 aliphatic rings. The van der Waals surface area contributed by atoms with Crippen LogP contribution in [-0.4, -0.2) is 11.2 Å². The van der Waals surface area contributed by atoms with Crippen molar-refractivity contribution < 1.29 is 5.11 Å². The minimum atomic E-state index is -0.243. The molecule has 94 valence electrons. The van der Waals surface area contributed by atoms with Gasteiger partial charge in [0, 0.05) is 11.4 Å². The molecule has 0 bridgehead atoms. The van der Waals surface area contributed by atoms with Crippen molar-refractivity contribution in [3.63, 3.8) is 0 Å². The van der Waals surface area contributed by atoms with Crippen LogP contribution in [0.4, 0.5) is 0 Å². The molecule has 1 aliphatic carbocycles. The van der Waals surface area contributed by atoms with Gasteiger partial charge < -0.3 is 5.11 Å². The minimum absolute atomic E-state index is 0.243. The van der Waals surface area contributed by atoms with E-state index in [4.69, 9.17) is 11.6 Å². The van der Waals surface area contributed by atoms with Gasteiger partial charge in [0.05, 0.1) is 6.10 Å². The Labute approximate surface area is 109 Å². The first kappa shape index (κ1) is 12.9. The summed E-state index contributed by atoms with van der Waals surface area (Å²) in [7, 11) is 0. The lowest BCUT2D eigenvalue weighted by Gasteiger charge is -2.22. The van der Waals surface area contributed by atoms with Gasteiger partial charge in [0.25, 0.3) is 0 Å². The van der Waals surface area contributed by atoms with Crippen LogP contribution in [0.15, 0.2) is 18.2 Å². The van der Waals surface area contributed by atoms with E-state index in [0.717, 1.165) is 17.0 Å². The number of aryl methyl sites for hydroxylation is 1. The molecule has 0 spiro atoms. The fourth-order valence-corrected chi connectivity index (χ4v) is 3.25. The Kier molecular flexibility index (Phi) is 4.11. The van der Waals surface area contributed by atoms with Gasteiger partial charge in [-0.1, -0.05) is 43.5 Å². The highest BCUT2D eigenvalue weighted by Crippen LogP contribution is 2.35. The van der Waals surface area contributed by atoms with Crippen LogP contribution in [0.1, 0.15) is 37.3 Å². The molecule has 0 aromatic heterocycles. The summed E-state index contributed by atoms with van der Waals surface area (Å²) in [5.41, 5.74) is 2.24. The van der Waals surface area contributed by atoms with Crippen LogP contribution in [0.5, 0.6) is 0 Å². The summed E-state index contributed by atoms with van der Waals surface area (Å²) in [5.74, 6) is 1.10. The van der Waals surface area contributed by atoms with Gasteiger partial charge in [-0.25, -0.2) is 0 Å². The maximum absolute atomic E-state index is 10.3. The van der Waals surface area contributed by atoms with Crippen LogP contribution in [0.25, 0.3) is 0 Å². The number of hydrogen-bond acceptors (Lipinski definition) is 1. The van der Waals surface area contributed by atoms with Crippen LogP contribution < -0.4 is 0 Å². The average Bonchev–Trinajstić information content (AvgIpc) is 2.68. The smallest absolute Gasteiger partial charge is 0.0611 e. The van der Waals surface area contributed by atoms with E-state index < -0.39 is 0 Å². The van der Waals surface area contributed by atoms with Crippen molar-refractivity contribution in [3.8, 4) is 0 Å². The fourth-order valence-electron chi connectivity index (χ4n) is 2.94. The molecule has 0 radical (unpaired) electrons. The van der Waals surface area contributed by atoms with Crippen molar-refractivity contribution in [2.75, 3.05) is 0 Å². The second-order valence-corrected chi connectivity index (χ2v) is 5.85. The molecular weight excluding hydrogens is 232 g/mol. The van der Waals surface area contributed by atoms with Gasteiger partial charge in [-0.05, 0) is 42.4 Å². The Morgan fingerprint density at radius 2 is 2.18 bits per heavy atom. The SMILES string of the molecule is Cc1ccc(CC(O)C2CCCC2C)c(Cl)c1. The van der Waals surface area contributed by atoms with Gasteiger partial charge in [-0.15, -0.1) is 0 Å².